The lowest BCUT2D eigenvalue weighted by Crippen LogP contribution is -2.40. The van der Waals surface area contributed by atoms with Gasteiger partial charge in [-0.15, -0.1) is 0 Å². The van der Waals surface area contributed by atoms with Gasteiger partial charge in [-0.25, -0.2) is 4.73 Å². The maximum atomic E-state index is 12.1. The number of hydrogen-bond donors (Lipinski definition) is 0. The lowest BCUT2D eigenvalue weighted by atomic mass is 10.3. The number of aryl methyl sites for hydroxylation is 1. The molecule has 1 rings (SSSR count). The Balaban J connectivity index is 3.10. The Labute approximate surface area is 114 Å². The van der Waals surface area contributed by atoms with Crippen LogP contribution in [0.2, 0.25) is 5.02 Å². The van der Waals surface area contributed by atoms with Gasteiger partial charge in [0.25, 0.3) is 5.82 Å². The van der Waals surface area contributed by atoms with Gasteiger partial charge in [0.05, 0.1) is 5.02 Å². The molecular weight excluding hydrogens is 248 g/mol. The molecule has 1 aromatic heterocycles. The van der Waals surface area contributed by atoms with Crippen LogP contribution in [0.25, 0.3) is 0 Å². The Kier molecular flexibility index (Phi) is 5.72. The van der Waals surface area contributed by atoms with Crippen molar-refractivity contribution in [3.05, 3.63) is 52.4 Å². The Morgan fingerprint density at radius 2 is 1.78 bits per heavy atom. The molecule has 0 aliphatic heterocycles. The summed E-state index contributed by atoms with van der Waals surface area (Å²) in [5.74, 6) is 0.580. The largest absolute Gasteiger partial charge is 0.710 e. The van der Waals surface area contributed by atoms with Gasteiger partial charge < -0.3 is 5.21 Å². The highest BCUT2D eigenvalue weighted by Crippen LogP contribution is 2.17. The molecule has 3 nitrogen and oxygen atoms in total. The summed E-state index contributed by atoms with van der Waals surface area (Å²) >= 11 is 6.02. The lowest BCUT2D eigenvalue weighted by molar-refractivity contribution is -0.599. The molecule has 98 valence electrons. The van der Waals surface area contributed by atoms with Gasteiger partial charge in [-0.2, -0.15) is 0 Å². The van der Waals surface area contributed by atoms with Crippen LogP contribution in [0.15, 0.2) is 36.4 Å². The maximum absolute atomic E-state index is 12.1. The van der Waals surface area contributed by atoms with Gasteiger partial charge in [-0.1, -0.05) is 23.8 Å². The monoisotopic (exact) mass is 266 g/mol. The lowest BCUT2D eigenvalue weighted by Gasteiger charge is -2.20. The molecule has 0 aromatic carbocycles. The molecule has 4 heteroatoms. The van der Waals surface area contributed by atoms with Crippen LogP contribution in [0.5, 0.6) is 0 Å². The third-order valence-corrected chi connectivity index (χ3v) is 2.81. The van der Waals surface area contributed by atoms with Crippen molar-refractivity contribution in [1.29, 1.82) is 0 Å². The zero-order valence-corrected chi connectivity index (χ0v) is 11.8. The van der Waals surface area contributed by atoms with E-state index in [-0.39, 0.29) is 0 Å². The van der Waals surface area contributed by atoms with Crippen LogP contribution >= 0.6 is 11.6 Å². The molecule has 0 radical (unpaired) electrons. The molecular formula is C14H19ClN2O. The van der Waals surface area contributed by atoms with Crippen LogP contribution in [0, 0.1) is 12.1 Å². The Bertz CT molecular complexity index is 441. The van der Waals surface area contributed by atoms with E-state index >= 15 is 0 Å². The van der Waals surface area contributed by atoms with E-state index in [1.807, 2.05) is 43.1 Å². The first-order valence-corrected chi connectivity index (χ1v) is 6.35. The highest BCUT2D eigenvalue weighted by atomic mass is 35.5. The maximum Gasteiger partial charge on any atom is 0.281 e. The fraction of sp³-hybridized carbons (Fsp3) is 0.357. The van der Waals surface area contributed by atoms with E-state index in [9.17, 15) is 5.21 Å². The van der Waals surface area contributed by atoms with Crippen LogP contribution in [-0.4, -0.2) is 13.1 Å². The number of hydrogen-bond acceptors (Lipinski definition) is 2. The number of anilines is 1. The van der Waals surface area contributed by atoms with Crippen LogP contribution in [0.1, 0.15) is 19.5 Å². The third-order valence-electron chi connectivity index (χ3n) is 2.59. The van der Waals surface area contributed by atoms with Crippen molar-refractivity contribution in [2.24, 2.45) is 0 Å². The number of allylic oxidation sites excluding steroid dienone is 2. The van der Waals surface area contributed by atoms with Crippen molar-refractivity contribution in [2.75, 3.05) is 18.0 Å². The number of pyridine rings is 1. The van der Waals surface area contributed by atoms with E-state index < -0.39 is 0 Å². The van der Waals surface area contributed by atoms with E-state index in [0.29, 0.717) is 29.6 Å². The number of aromatic nitrogens is 1. The summed E-state index contributed by atoms with van der Waals surface area (Å²) in [6.45, 7) is 7.04. The molecule has 1 heterocycles. The fourth-order valence-electron chi connectivity index (χ4n) is 1.61. The minimum absolute atomic E-state index is 0.580. The molecule has 0 unspecified atom stereocenters. The van der Waals surface area contributed by atoms with E-state index in [0.717, 1.165) is 4.73 Å². The quantitative estimate of drug-likeness (QED) is 0.465. The molecule has 0 N–H and O–H groups in total. The van der Waals surface area contributed by atoms with E-state index in [2.05, 4.69) is 0 Å². The van der Waals surface area contributed by atoms with Crippen molar-refractivity contribution in [3.8, 4) is 0 Å². The molecule has 0 aliphatic carbocycles. The summed E-state index contributed by atoms with van der Waals surface area (Å²) in [6.07, 6.45) is 7.96. The Morgan fingerprint density at radius 3 is 2.28 bits per heavy atom. The van der Waals surface area contributed by atoms with Crippen LogP contribution < -0.4 is 9.63 Å². The first kappa shape index (κ1) is 14.6. The summed E-state index contributed by atoms with van der Waals surface area (Å²) in [7, 11) is 0. The van der Waals surface area contributed by atoms with Gasteiger partial charge in [-0.3, -0.25) is 4.90 Å². The molecule has 0 bridgehead atoms. The highest BCUT2D eigenvalue weighted by molar-refractivity contribution is 6.30. The highest BCUT2D eigenvalue weighted by Gasteiger charge is 2.16. The van der Waals surface area contributed by atoms with E-state index in [4.69, 9.17) is 11.6 Å². The van der Waals surface area contributed by atoms with Crippen LogP contribution in [0.4, 0.5) is 5.82 Å². The summed E-state index contributed by atoms with van der Waals surface area (Å²) < 4.78 is 0.916. The van der Waals surface area contributed by atoms with E-state index in [1.54, 1.807) is 19.1 Å². The summed E-state index contributed by atoms with van der Waals surface area (Å²) in [4.78, 5) is 1.98. The summed E-state index contributed by atoms with van der Waals surface area (Å²) in [6, 6.07) is 3.37. The molecule has 0 atom stereocenters. The van der Waals surface area contributed by atoms with Gasteiger partial charge in [-0.05, 0) is 39.0 Å². The normalized spacial score (nSPS) is 11.6. The second kappa shape index (κ2) is 7.07. The molecule has 0 saturated carbocycles. The van der Waals surface area contributed by atoms with Crippen LogP contribution in [0.3, 0.4) is 0 Å². The summed E-state index contributed by atoms with van der Waals surface area (Å²) in [5.41, 5.74) is 0.600. The number of rotatable bonds is 5. The molecule has 18 heavy (non-hydrogen) atoms. The van der Waals surface area contributed by atoms with E-state index in [1.165, 1.54) is 0 Å². The Morgan fingerprint density at radius 1 is 1.22 bits per heavy atom. The first-order chi connectivity index (χ1) is 8.60. The molecule has 0 fully saturated rings. The predicted octanol–water partition coefficient (Wildman–Crippen LogP) is 3.24. The zero-order valence-electron chi connectivity index (χ0n) is 11.1. The minimum Gasteiger partial charge on any atom is -0.710 e. The van der Waals surface area contributed by atoms with Crippen LogP contribution in [-0.2, 0) is 0 Å². The predicted molar refractivity (Wildman–Crippen MR) is 77.0 cm³/mol. The average Bonchev–Trinajstić information content (AvgIpc) is 2.34. The third kappa shape index (κ3) is 3.77. The molecule has 0 amide bonds. The second-order valence-electron chi connectivity index (χ2n) is 4.01. The smallest absolute Gasteiger partial charge is 0.281 e. The molecule has 0 aliphatic rings. The van der Waals surface area contributed by atoms with Gasteiger partial charge in [0.1, 0.15) is 18.8 Å². The molecule has 0 spiro atoms. The topological polar surface area (TPSA) is 30.2 Å². The molecule has 1 aromatic rings. The van der Waals surface area contributed by atoms with Crippen molar-refractivity contribution in [1.82, 2.24) is 0 Å². The van der Waals surface area contributed by atoms with Crippen molar-refractivity contribution < 1.29 is 4.73 Å². The number of nitrogens with zero attached hydrogens (tertiary/aromatic N) is 2. The fourth-order valence-corrected chi connectivity index (χ4v) is 1.86. The Hall–Kier alpha value is -1.48. The zero-order chi connectivity index (χ0) is 13.5. The molecule has 0 saturated heterocycles. The van der Waals surface area contributed by atoms with Gasteiger partial charge in [0.2, 0.25) is 0 Å². The SMILES string of the molecule is CC=CCN(CC=CC)c1cc(Cl)cc(C)[n+]1[O-]. The van der Waals surface area contributed by atoms with Crippen molar-refractivity contribution >= 4 is 17.4 Å². The second-order valence-corrected chi connectivity index (χ2v) is 4.45. The first-order valence-electron chi connectivity index (χ1n) is 5.97. The van der Waals surface area contributed by atoms with Gasteiger partial charge in [0.15, 0.2) is 0 Å². The van der Waals surface area contributed by atoms with Gasteiger partial charge >= 0.3 is 0 Å². The minimum atomic E-state index is 0.580. The standard InChI is InChI=1S/C14H19ClN2O/c1-4-6-8-16(9-7-5-2)14-11-13(15)10-12(3)17(14)18/h4-7,10-11H,8-9H2,1-3H3. The van der Waals surface area contributed by atoms with Gasteiger partial charge in [0, 0.05) is 6.07 Å². The summed E-state index contributed by atoms with van der Waals surface area (Å²) in [5, 5.41) is 12.6. The van der Waals surface area contributed by atoms with Crippen molar-refractivity contribution in [3.63, 3.8) is 0 Å². The number of halogens is 1. The average molecular weight is 267 g/mol. The van der Waals surface area contributed by atoms with Crippen molar-refractivity contribution in [2.45, 2.75) is 20.8 Å².